The van der Waals surface area contributed by atoms with Gasteiger partial charge in [-0.2, -0.15) is 0 Å². The largest absolute Gasteiger partial charge is 0.0804 e. The molecule has 0 radical (unpaired) electrons. The molecule has 1 aromatic carbocycles. The van der Waals surface area contributed by atoms with Crippen molar-refractivity contribution in [1.82, 2.24) is 0 Å². The zero-order chi connectivity index (χ0) is 23.2. The third kappa shape index (κ3) is 4.08. The van der Waals surface area contributed by atoms with Crippen molar-refractivity contribution in [3.05, 3.63) is 53.6 Å². The van der Waals surface area contributed by atoms with Gasteiger partial charge in [-0.25, -0.2) is 0 Å². The lowest BCUT2D eigenvalue weighted by atomic mass is 9.47. The van der Waals surface area contributed by atoms with Crippen molar-refractivity contribution in [2.45, 2.75) is 98.8 Å². The molecule has 0 aromatic heterocycles. The number of allylic oxidation sites excluding steroid dienone is 4. The van der Waals surface area contributed by atoms with Gasteiger partial charge in [0.15, 0.2) is 0 Å². The summed E-state index contributed by atoms with van der Waals surface area (Å²) < 4.78 is 0. The maximum atomic E-state index is 2.72. The molecule has 2 saturated carbocycles. The van der Waals surface area contributed by atoms with E-state index < -0.39 is 0 Å². The number of benzene rings is 1. The van der Waals surface area contributed by atoms with Crippen molar-refractivity contribution in [2.75, 3.05) is 0 Å². The Kier molecular flexibility index (Phi) is 6.43. The third-order valence-corrected chi connectivity index (χ3v) is 11.1. The van der Waals surface area contributed by atoms with E-state index in [2.05, 4.69) is 77.1 Å². The fourth-order valence-corrected chi connectivity index (χ4v) is 9.23. The predicted molar refractivity (Wildman–Crippen MR) is 143 cm³/mol. The average Bonchev–Trinajstić information content (AvgIpc) is 3.16. The van der Waals surface area contributed by atoms with E-state index in [4.69, 9.17) is 0 Å². The van der Waals surface area contributed by atoms with E-state index >= 15 is 0 Å². The minimum atomic E-state index is 0.406. The fourth-order valence-electron chi connectivity index (χ4n) is 9.23. The van der Waals surface area contributed by atoms with Crippen molar-refractivity contribution in [3.8, 4) is 0 Å². The van der Waals surface area contributed by atoms with Crippen LogP contribution in [0.5, 0.6) is 0 Å². The molecule has 0 nitrogen and oxygen atoms in total. The quantitative estimate of drug-likeness (QED) is 0.409. The van der Waals surface area contributed by atoms with Gasteiger partial charge in [0.1, 0.15) is 0 Å². The van der Waals surface area contributed by atoms with Crippen molar-refractivity contribution in [1.29, 1.82) is 0 Å². The van der Waals surface area contributed by atoms with E-state index in [1.165, 1.54) is 69.8 Å². The van der Waals surface area contributed by atoms with Gasteiger partial charge in [-0.1, -0.05) is 96.4 Å². The minimum absolute atomic E-state index is 0.406. The van der Waals surface area contributed by atoms with E-state index in [1.54, 1.807) is 11.1 Å². The highest BCUT2D eigenvalue weighted by molar-refractivity contribution is 5.70. The summed E-state index contributed by atoms with van der Waals surface area (Å²) in [6, 6.07) is 11.1. The van der Waals surface area contributed by atoms with E-state index in [0.717, 1.165) is 35.5 Å². The first-order valence-corrected chi connectivity index (χ1v) is 14.3. The Bertz CT molecular complexity index is 888. The van der Waals surface area contributed by atoms with Crippen LogP contribution in [0.3, 0.4) is 0 Å². The van der Waals surface area contributed by atoms with Crippen molar-refractivity contribution >= 4 is 5.57 Å². The second-order valence-electron chi connectivity index (χ2n) is 13.3. The van der Waals surface area contributed by atoms with Gasteiger partial charge >= 0.3 is 0 Å². The van der Waals surface area contributed by atoms with E-state index in [0.29, 0.717) is 10.8 Å². The lowest BCUT2D eigenvalue weighted by Gasteiger charge is -2.57. The lowest BCUT2D eigenvalue weighted by Crippen LogP contribution is -2.49. The maximum Gasteiger partial charge on any atom is -0.00441 e. The van der Waals surface area contributed by atoms with Gasteiger partial charge in [0, 0.05) is 0 Å². The van der Waals surface area contributed by atoms with Gasteiger partial charge in [0.05, 0.1) is 0 Å². The van der Waals surface area contributed by atoms with Crippen LogP contribution >= 0.6 is 0 Å². The molecule has 0 heteroatoms. The lowest BCUT2D eigenvalue weighted by molar-refractivity contribution is -0.0448. The average molecular weight is 445 g/mol. The first-order chi connectivity index (χ1) is 15.8. The molecule has 4 aliphatic carbocycles. The van der Waals surface area contributed by atoms with Crippen LogP contribution in [0.2, 0.25) is 0 Å². The molecule has 0 saturated heterocycles. The minimum Gasteiger partial charge on any atom is -0.0804 e. The summed E-state index contributed by atoms with van der Waals surface area (Å²) >= 11 is 0. The van der Waals surface area contributed by atoms with Crippen LogP contribution in [0.1, 0.15) is 104 Å². The number of fused-ring (bicyclic) bond motifs is 5. The molecular formula is C33H48. The second-order valence-corrected chi connectivity index (χ2v) is 13.3. The smallest absolute Gasteiger partial charge is 0.00441 e. The molecule has 0 aliphatic heterocycles. The van der Waals surface area contributed by atoms with E-state index in [1.807, 2.05) is 0 Å². The van der Waals surface area contributed by atoms with Crippen LogP contribution in [0.4, 0.5) is 0 Å². The molecule has 2 fully saturated rings. The molecule has 0 heterocycles. The van der Waals surface area contributed by atoms with Crippen LogP contribution in [0.15, 0.2) is 48.1 Å². The van der Waals surface area contributed by atoms with E-state index in [9.17, 15) is 0 Å². The molecule has 0 amide bonds. The van der Waals surface area contributed by atoms with Crippen LogP contribution < -0.4 is 0 Å². The molecule has 5 rings (SSSR count). The zero-order valence-electron chi connectivity index (χ0n) is 22.1. The summed E-state index contributed by atoms with van der Waals surface area (Å²) in [5.41, 5.74) is 5.68. The number of rotatable bonds is 6. The first-order valence-electron chi connectivity index (χ1n) is 14.3. The van der Waals surface area contributed by atoms with Gasteiger partial charge in [0.25, 0.3) is 0 Å². The van der Waals surface area contributed by atoms with Crippen LogP contribution in [-0.4, -0.2) is 0 Å². The van der Waals surface area contributed by atoms with Gasteiger partial charge in [-0.15, -0.1) is 0 Å². The molecule has 0 unspecified atom stereocenters. The highest BCUT2D eigenvalue weighted by Crippen LogP contribution is 2.67. The second kappa shape index (κ2) is 9.05. The first kappa shape index (κ1) is 23.4. The standard InChI is InChI=1S/C33H48/c1-23(2)10-9-11-24(3)29-16-17-30-28-15-14-27-22-26(25-12-7-6-8-13-25)18-20-32(27,4)31(28)19-21-33(29,30)5/h6-8,12-14,22-24,28-31H,9-11,15-21H2,1-5H3/t24-,28+,29-,30+,31+,32+,33-/m1/s1. The summed E-state index contributed by atoms with van der Waals surface area (Å²) in [6.45, 7) is 12.7. The molecule has 7 atom stereocenters. The van der Waals surface area contributed by atoms with Gasteiger partial charge in [0.2, 0.25) is 0 Å². The topological polar surface area (TPSA) is 0 Å². The normalized spacial score (nSPS) is 38.7. The molecule has 0 bridgehead atoms. The highest BCUT2D eigenvalue weighted by atomic mass is 14.6. The third-order valence-electron chi connectivity index (χ3n) is 11.1. The molecule has 4 aliphatic rings. The summed E-state index contributed by atoms with van der Waals surface area (Å²) in [5, 5.41) is 0. The SMILES string of the molecule is CC(C)CCC[C@@H](C)[C@H]1CC[C@H]2[C@@H]3CC=C4C=C(c5ccccc5)CC[C@]4(C)[C@H]3CC[C@]12C. The van der Waals surface area contributed by atoms with Gasteiger partial charge in [-0.3, -0.25) is 0 Å². The Balaban J connectivity index is 1.34. The van der Waals surface area contributed by atoms with Crippen molar-refractivity contribution in [2.24, 2.45) is 46.3 Å². The van der Waals surface area contributed by atoms with Crippen molar-refractivity contribution < 1.29 is 0 Å². The van der Waals surface area contributed by atoms with Gasteiger partial charge < -0.3 is 0 Å². The molecule has 33 heavy (non-hydrogen) atoms. The summed E-state index contributed by atoms with van der Waals surface area (Å²) in [4.78, 5) is 0. The highest BCUT2D eigenvalue weighted by Gasteiger charge is 2.58. The van der Waals surface area contributed by atoms with E-state index in [-0.39, 0.29) is 0 Å². The maximum absolute atomic E-state index is 2.72. The Morgan fingerprint density at radius 3 is 2.45 bits per heavy atom. The monoisotopic (exact) mass is 444 g/mol. The summed E-state index contributed by atoms with van der Waals surface area (Å²) in [7, 11) is 0. The Hall–Kier alpha value is -1.30. The number of hydrogen-bond acceptors (Lipinski definition) is 0. The fraction of sp³-hybridized carbons (Fsp3) is 0.697. The Morgan fingerprint density at radius 2 is 1.70 bits per heavy atom. The van der Waals surface area contributed by atoms with Crippen LogP contribution in [-0.2, 0) is 0 Å². The molecule has 0 spiro atoms. The summed E-state index contributed by atoms with van der Waals surface area (Å²) in [6.07, 6.45) is 19.5. The Morgan fingerprint density at radius 1 is 0.909 bits per heavy atom. The Labute approximate surface area is 204 Å². The predicted octanol–water partition coefficient (Wildman–Crippen LogP) is 9.72. The van der Waals surface area contributed by atoms with Gasteiger partial charge in [-0.05, 0) is 108 Å². The molecular weight excluding hydrogens is 396 g/mol. The molecule has 1 aromatic rings. The summed E-state index contributed by atoms with van der Waals surface area (Å²) in [5.74, 6) is 5.52. The zero-order valence-corrected chi connectivity index (χ0v) is 22.1. The molecule has 180 valence electrons. The van der Waals surface area contributed by atoms with Crippen molar-refractivity contribution in [3.63, 3.8) is 0 Å². The molecule has 0 N–H and O–H groups in total. The van der Waals surface area contributed by atoms with Crippen LogP contribution in [0.25, 0.3) is 5.57 Å². The van der Waals surface area contributed by atoms with Crippen LogP contribution in [0, 0.1) is 46.3 Å². The number of hydrogen-bond donors (Lipinski definition) is 0.